The molecule has 9 aromatic carbocycles. The van der Waals surface area contributed by atoms with Gasteiger partial charge in [-0.2, -0.15) is 4.57 Å². The Morgan fingerprint density at radius 3 is 1.18 bits per heavy atom. The average Bonchev–Trinajstić information content (AvgIpc) is 3.70. The maximum absolute atomic E-state index is 2.45. The molecule has 0 amide bonds. The molecule has 3 heteroatoms. The van der Waals surface area contributed by atoms with E-state index in [0.29, 0.717) is 0 Å². The zero-order valence-corrected chi connectivity index (χ0v) is 36.4. The van der Waals surface area contributed by atoms with Crippen molar-refractivity contribution < 1.29 is 4.57 Å². The molecule has 0 bridgehead atoms. The molecule has 2 aromatic heterocycles. The van der Waals surface area contributed by atoms with Crippen LogP contribution in [0.25, 0.3) is 77.7 Å². The first kappa shape index (κ1) is 38.4. The minimum Gasteiger partial charge on any atom is -0.309 e. The Morgan fingerprint density at radius 2 is 0.723 bits per heavy atom. The van der Waals surface area contributed by atoms with E-state index in [4.69, 9.17) is 0 Å². The smallest absolute Gasteiger partial charge is 0.210 e. The standard InChI is InChI=1S/C62H46N3/c1-62(2)56-41-49(45-19-11-5-12-20-45)27-33-60(56)65(53-35-37-63(38-36-53)51-21-13-6-14-22-51)61-34-28-50(42-57(61)62)46-23-29-52(30-24-46)64-58-31-25-47(43-15-7-3-8-16-43)39-54(58)55-40-48(26-32-59(55)64)44-17-9-4-10-18-44/h3-42H,1-2H3/q+1. The molecule has 12 rings (SSSR count). The minimum atomic E-state index is -0.277. The molecule has 0 atom stereocenters. The summed E-state index contributed by atoms with van der Waals surface area (Å²) in [6.45, 7) is 4.76. The second kappa shape index (κ2) is 15.5. The number of rotatable bonds is 7. The van der Waals surface area contributed by atoms with Crippen molar-refractivity contribution in [1.82, 2.24) is 4.57 Å². The van der Waals surface area contributed by atoms with Crippen LogP contribution in [0.2, 0.25) is 0 Å². The van der Waals surface area contributed by atoms with Crippen LogP contribution in [0.5, 0.6) is 0 Å². The number of hydrogen-bond donors (Lipinski definition) is 0. The van der Waals surface area contributed by atoms with Gasteiger partial charge in [0.25, 0.3) is 0 Å². The van der Waals surface area contributed by atoms with Crippen molar-refractivity contribution in [3.8, 4) is 55.9 Å². The van der Waals surface area contributed by atoms with Crippen LogP contribution in [-0.2, 0) is 5.41 Å². The molecule has 0 radical (unpaired) electrons. The summed E-state index contributed by atoms with van der Waals surface area (Å²) in [6.07, 6.45) is 4.33. The molecule has 0 saturated carbocycles. The maximum Gasteiger partial charge on any atom is 0.210 e. The van der Waals surface area contributed by atoms with Crippen LogP contribution >= 0.6 is 0 Å². The van der Waals surface area contributed by atoms with Gasteiger partial charge in [-0.3, -0.25) is 0 Å². The highest BCUT2D eigenvalue weighted by Crippen LogP contribution is 2.53. The topological polar surface area (TPSA) is 12.1 Å². The Kier molecular flexibility index (Phi) is 9.17. The number of pyridine rings is 1. The summed E-state index contributed by atoms with van der Waals surface area (Å²) in [4.78, 5) is 2.45. The number of nitrogens with zero attached hydrogens (tertiary/aromatic N) is 3. The third-order valence-electron chi connectivity index (χ3n) is 13.5. The van der Waals surface area contributed by atoms with Crippen molar-refractivity contribution in [3.05, 3.63) is 254 Å². The van der Waals surface area contributed by atoms with Gasteiger partial charge < -0.3 is 9.47 Å². The predicted octanol–water partition coefficient (Wildman–Crippen LogP) is 15.8. The SMILES string of the molecule is CC1(C)c2cc(-c3ccccc3)ccc2N(c2cc[n+](-c3ccccc3)cc2)c2ccc(-c3ccc(-n4c5ccc(-c6ccccc6)cc5c5cc(-c6ccccc6)ccc54)cc3)cc21. The van der Waals surface area contributed by atoms with Crippen molar-refractivity contribution in [2.24, 2.45) is 0 Å². The second-order valence-electron chi connectivity index (χ2n) is 17.7. The molecule has 65 heavy (non-hydrogen) atoms. The number of aromatic nitrogens is 2. The van der Waals surface area contributed by atoms with Crippen LogP contribution in [-0.4, -0.2) is 4.57 Å². The number of fused-ring (bicyclic) bond motifs is 5. The summed E-state index contributed by atoms with van der Waals surface area (Å²) in [5, 5.41) is 2.49. The van der Waals surface area contributed by atoms with Gasteiger partial charge in [0.15, 0.2) is 12.4 Å². The van der Waals surface area contributed by atoms with Gasteiger partial charge in [-0.15, -0.1) is 0 Å². The van der Waals surface area contributed by atoms with E-state index in [1.807, 2.05) is 0 Å². The third-order valence-corrected chi connectivity index (χ3v) is 13.5. The van der Waals surface area contributed by atoms with Gasteiger partial charge in [0, 0.05) is 46.1 Å². The first-order valence-corrected chi connectivity index (χ1v) is 22.5. The van der Waals surface area contributed by atoms with Crippen molar-refractivity contribution in [2.45, 2.75) is 19.3 Å². The van der Waals surface area contributed by atoms with E-state index in [-0.39, 0.29) is 5.41 Å². The van der Waals surface area contributed by atoms with Gasteiger partial charge >= 0.3 is 0 Å². The van der Waals surface area contributed by atoms with Crippen LogP contribution < -0.4 is 9.47 Å². The van der Waals surface area contributed by atoms with E-state index in [2.05, 4.69) is 271 Å². The van der Waals surface area contributed by atoms with Gasteiger partial charge in [-0.05, 0) is 116 Å². The molecular weight excluding hydrogens is 787 g/mol. The highest BCUT2D eigenvalue weighted by atomic mass is 15.2. The summed E-state index contributed by atoms with van der Waals surface area (Å²) in [7, 11) is 0. The number of anilines is 3. The van der Waals surface area contributed by atoms with E-state index in [1.165, 1.54) is 88.8 Å². The molecule has 11 aromatic rings. The van der Waals surface area contributed by atoms with E-state index in [1.54, 1.807) is 0 Å². The molecular formula is C62H46N3+. The summed E-state index contributed by atoms with van der Waals surface area (Å²) < 4.78 is 4.60. The Balaban J connectivity index is 0.962. The largest absolute Gasteiger partial charge is 0.309 e. The van der Waals surface area contributed by atoms with Gasteiger partial charge in [0.2, 0.25) is 5.69 Å². The fraction of sp³-hybridized carbons (Fsp3) is 0.0484. The van der Waals surface area contributed by atoms with Crippen molar-refractivity contribution >= 4 is 38.9 Å². The van der Waals surface area contributed by atoms with Crippen molar-refractivity contribution in [3.63, 3.8) is 0 Å². The lowest BCUT2D eigenvalue weighted by Gasteiger charge is -2.42. The molecule has 0 saturated heterocycles. The number of hydrogen-bond acceptors (Lipinski definition) is 1. The van der Waals surface area contributed by atoms with Gasteiger partial charge in [0.05, 0.1) is 28.1 Å². The van der Waals surface area contributed by atoms with Gasteiger partial charge in [0.1, 0.15) is 0 Å². The number of para-hydroxylation sites is 1. The lowest BCUT2D eigenvalue weighted by atomic mass is 9.72. The molecule has 0 fully saturated rings. The second-order valence-corrected chi connectivity index (χ2v) is 17.7. The van der Waals surface area contributed by atoms with Crippen LogP contribution in [0.4, 0.5) is 17.1 Å². The fourth-order valence-corrected chi connectivity index (χ4v) is 10.1. The predicted molar refractivity (Wildman–Crippen MR) is 271 cm³/mol. The zero-order chi connectivity index (χ0) is 43.5. The highest BCUT2D eigenvalue weighted by Gasteiger charge is 2.38. The third kappa shape index (κ3) is 6.63. The van der Waals surface area contributed by atoms with E-state index in [0.717, 1.165) is 17.1 Å². The molecule has 3 heterocycles. The molecule has 1 aliphatic rings. The maximum atomic E-state index is 2.45. The summed E-state index contributed by atoms with van der Waals surface area (Å²) in [6, 6.07) is 84.1. The lowest BCUT2D eigenvalue weighted by Crippen LogP contribution is -2.32. The minimum absolute atomic E-state index is 0.277. The molecule has 1 aliphatic heterocycles. The van der Waals surface area contributed by atoms with Crippen molar-refractivity contribution in [1.29, 1.82) is 0 Å². The molecule has 0 spiro atoms. The number of benzene rings is 9. The van der Waals surface area contributed by atoms with Crippen LogP contribution in [0.3, 0.4) is 0 Å². The van der Waals surface area contributed by atoms with Crippen LogP contribution in [0.15, 0.2) is 243 Å². The first-order valence-electron chi connectivity index (χ1n) is 22.5. The van der Waals surface area contributed by atoms with Gasteiger partial charge in [-0.25, -0.2) is 0 Å². The molecule has 0 aliphatic carbocycles. The first-order chi connectivity index (χ1) is 32.0. The summed E-state index contributed by atoms with van der Waals surface area (Å²) in [5.74, 6) is 0. The normalized spacial score (nSPS) is 12.9. The fourth-order valence-electron chi connectivity index (χ4n) is 10.1. The monoisotopic (exact) mass is 832 g/mol. The van der Waals surface area contributed by atoms with E-state index >= 15 is 0 Å². The molecule has 3 nitrogen and oxygen atoms in total. The molecule has 0 unspecified atom stereocenters. The Hall–Kier alpha value is -8.27. The quantitative estimate of drug-likeness (QED) is 0.146. The summed E-state index contributed by atoms with van der Waals surface area (Å²) >= 11 is 0. The lowest BCUT2D eigenvalue weighted by molar-refractivity contribution is -0.595. The average molecular weight is 833 g/mol. The Bertz CT molecular complexity index is 3420. The Labute approximate surface area is 380 Å². The zero-order valence-electron chi connectivity index (χ0n) is 36.4. The van der Waals surface area contributed by atoms with Crippen LogP contribution in [0, 0.1) is 0 Å². The van der Waals surface area contributed by atoms with E-state index < -0.39 is 0 Å². The summed E-state index contributed by atoms with van der Waals surface area (Å²) in [5.41, 5.74) is 20.2. The molecule has 308 valence electrons. The highest BCUT2D eigenvalue weighted by molar-refractivity contribution is 6.11. The van der Waals surface area contributed by atoms with E-state index in [9.17, 15) is 0 Å². The van der Waals surface area contributed by atoms with Crippen molar-refractivity contribution in [2.75, 3.05) is 4.90 Å². The van der Waals surface area contributed by atoms with Gasteiger partial charge in [-0.1, -0.05) is 159 Å². The van der Waals surface area contributed by atoms with Crippen LogP contribution in [0.1, 0.15) is 25.0 Å². The Morgan fingerprint density at radius 1 is 0.338 bits per heavy atom. The molecule has 0 N–H and O–H groups in total.